The third-order valence-corrected chi connectivity index (χ3v) is 4.01. The lowest BCUT2D eigenvalue weighted by molar-refractivity contribution is 0.226. The first kappa shape index (κ1) is 13.5. The number of hydrogen-bond acceptors (Lipinski definition) is 3. The van der Waals surface area contributed by atoms with Gasteiger partial charge in [-0.05, 0) is 43.7 Å². The van der Waals surface area contributed by atoms with Crippen LogP contribution >= 0.6 is 0 Å². The van der Waals surface area contributed by atoms with Crippen molar-refractivity contribution in [3.8, 4) is 0 Å². The van der Waals surface area contributed by atoms with Crippen LogP contribution in [0.1, 0.15) is 57.8 Å². The minimum Gasteiger partial charge on any atom is -0.307 e. The summed E-state index contributed by atoms with van der Waals surface area (Å²) in [6, 6.07) is 2.24. The van der Waals surface area contributed by atoms with E-state index in [1.165, 1.54) is 25.7 Å². The Bertz CT molecular complexity index is 331. The highest BCUT2D eigenvalue weighted by atomic mass is 15.0. The summed E-state index contributed by atoms with van der Waals surface area (Å²) < 4.78 is 0. The lowest BCUT2D eigenvalue weighted by Gasteiger charge is -2.32. The van der Waals surface area contributed by atoms with Gasteiger partial charge in [0.15, 0.2) is 0 Å². The first-order chi connectivity index (χ1) is 8.81. The molecule has 1 atom stereocenters. The van der Waals surface area contributed by atoms with E-state index in [4.69, 9.17) is 0 Å². The molecule has 0 bridgehead atoms. The molecule has 1 aliphatic rings. The van der Waals surface area contributed by atoms with Gasteiger partial charge in [0.05, 0.1) is 6.04 Å². The first-order valence-corrected chi connectivity index (χ1v) is 7.31. The Hall–Kier alpha value is -0.960. The van der Waals surface area contributed by atoms with Crippen molar-refractivity contribution in [2.45, 2.75) is 52.0 Å². The molecule has 18 heavy (non-hydrogen) atoms. The molecule has 0 aliphatic heterocycles. The summed E-state index contributed by atoms with van der Waals surface area (Å²) in [6.45, 7) is 5.62. The van der Waals surface area contributed by atoms with Crippen molar-refractivity contribution in [2.75, 3.05) is 6.54 Å². The van der Waals surface area contributed by atoms with E-state index in [1.807, 2.05) is 18.5 Å². The van der Waals surface area contributed by atoms with Crippen LogP contribution in [-0.2, 0) is 0 Å². The van der Waals surface area contributed by atoms with Gasteiger partial charge in [-0.3, -0.25) is 0 Å². The molecule has 1 aromatic heterocycles. The van der Waals surface area contributed by atoms with Gasteiger partial charge >= 0.3 is 0 Å². The molecule has 2 rings (SSSR count). The van der Waals surface area contributed by atoms with E-state index in [0.29, 0.717) is 12.0 Å². The van der Waals surface area contributed by atoms with Gasteiger partial charge in [-0.15, -0.1) is 0 Å². The quantitative estimate of drug-likeness (QED) is 0.867. The Morgan fingerprint density at radius 3 is 2.50 bits per heavy atom. The molecular formula is C15H25N3. The first-order valence-electron chi connectivity index (χ1n) is 7.31. The molecule has 1 fully saturated rings. The summed E-state index contributed by atoms with van der Waals surface area (Å²) in [6.07, 6.45) is 10.2. The fourth-order valence-electron chi connectivity index (χ4n) is 2.86. The van der Waals surface area contributed by atoms with Crippen LogP contribution in [0.4, 0.5) is 0 Å². The van der Waals surface area contributed by atoms with Gasteiger partial charge in [0.25, 0.3) is 0 Å². The fraction of sp³-hybridized carbons (Fsp3) is 0.733. The average Bonchev–Trinajstić information content (AvgIpc) is 2.42. The van der Waals surface area contributed by atoms with Crippen LogP contribution in [0.25, 0.3) is 0 Å². The zero-order valence-corrected chi connectivity index (χ0v) is 11.6. The minimum absolute atomic E-state index is 0.346. The maximum absolute atomic E-state index is 4.45. The Morgan fingerprint density at radius 1 is 1.22 bits per heavy atom. The molecule has 0 aromatic carbocycles. The number of hydrogen-bond donors (Lipinski definition) is 1. The van der Waals surface area contributed by atoms with Crippen LogP contribution in [0.5, 0.6) is 0 Å². The number of nitrogens with one attached hydrogen (secondary N) is 1. The van der Waals surface area contributed by atoms with Gasteiger partial charge in [0.1, 0.15) is 5.82 Å². The van der Waals surface area contributed by atoms with Gasteiger partial charge < -0.3 is 5.32 Å². The molecule has 0 radical (unpaired) electrons. The normalized spacial score (nSPS) is 25.9. The summed E-state index contributed by atoms with van der Waals surface area (Å²) in [5.41, 5.74) is 0. The van der Waals surface area contributed by atoms with E-state index in [9.17, 15) is 0 Å². The molecule has 3 nitrogen and oxygen atoms in total. The summed E-state index contributed by atoms with van der Waals surface area (Å²) in [7, 11) is 0. The molecule has 1 aromatic rings. The zero-order chi connectivity index (χ0) is 12.8. The van der Waals surface area contributed by atoms with Crippen molar-refractivity contribution in [3.63, 3.8) is 0 Å². The number of nitrogens with zero attached hydrogens (tertiary/aromatic N) is 2. The summed E-state index contributed by atoms with van der Waals surface area (Å²) in [5.74, 6) is 2.57. The predicted molar refractivity (Wildman–Crippen MR) is 74.2 cm³/mol. The Balaban J connectivity index is 2.05. The molecule has 1 aliphatic carbocycles. The molecule has 1 saturated carbocycles. The lowest BCUT2D eigenvalue weighted by Crippen LogP contribution is -2.32. The second-order valence-electron chi connectivity index (χ2n) is 5.56. The predicted octanol–water partition coefficient (Wildman–Crippen LogP) is 3.34. The summed E-state index contributed by atoms with van der Waals surface area (Å²) in [5, 5.41) is 3.65. The molecule has 1 heterocycles. The van der Waals surface area contributed by atoms with E-state index < -0.39 is 0 Å². The molecule has 100 valence electrons. The maximum atomic E-state index is 4.45. The Labute approximate surface area is 110 Å². The molecule has 3 heteroatoms. The van der Waals surface area contributed by atoms with Crippen molar-refractivity contribution in [3.05, 3.63) is 24.3 Å². The third kappa shape index (κ3) is 3.52. The number of aromatic nitrogens is 2. The van der Waals surface area contributed by atoms with E-state index in [-0.39, 0.29) is 0 Å². The van der Waals surface area contributed by atoms with Crippen LogP contribution in [0.15, 0.2) is 18.5 Å². The van der Waals surface area contributed by atoms with Gasteiger partial charge in [-0.2, -0.15) is 0 Å². The lowest BCUT2D eigenvalue weighted by atomic mass is 9.79. The van der Waals surface area contributed by atoms with Gasteiger partial charge in [-0.1, -0.05) is 26.7 Å². The smallest absolute Gasteiger partial charge is 0.145 e. The van der Waals surface area contributed by atoms with E-state index >= 15 is 0 Å². The molecule has 1 N–H and O–H groups in total. The molecule has 0 amide bonds. The summed E-state index contributed by atoms with van der Waals surface area (Å²) in [4.78, 5) is 8.91. The largest absolute Gasteiger partial charge is 0.307 e. The highest BCUT2D eigenvalue weighted by molar-refractivity contribution is 4.99. The average molecular weight is 247 g/mol. The second-order valence-corrected chi connectivity index (χ2v) is 5.56. The van der Waals surface area contributed by atoms with Crippen molar-refractivity contribution >= 4 is 0 Å². The SMILES string of the molecule is CCCNC(c1ncccn1)C1CCC(C)CC1. The van der Waals surface area contributed by atoms with Crippen molar-refractivity contribution in [2.24, 2.45) is 11.8 Å². The summed E-state index contributed by atoms with van der Waals surface area (Å²) >= 11 is 0. The Morgan fingerprint density at radius 2 is 1.89 bits per heavy atom. The van der Waals surface area contributed by atoms with Crippen LogP contribution in [0, 0.1) is 11.8 Å². The Kier molecular flexibility index (Phi) is 5.12. The van der Waals surface area contributed by atoms with Gasteiger partial charge in [0, 0.05) is 12.4 Å². The van der Waals surface area contributed by atoms with Crippen LogP contribution in [-0.4, -0.2) is 16.5 Å². The minimum atomic E-state index is 0.346. The van der Waals surface area contributed by atoms with E-state index in [1.54, 1.807) is 0 Å². The van der Waals surface area contributed by atoms with Gasteiger partial charge in [0.2, 0.25) is 0 Å². The molecule has 1 unspecified atom stereocenters. The maximum Gasteiger partial charge on any atom is 0.145 e. The topological polar surface area (TPSA) is 37.8 Å². The zero-order valence-electron chi connectivity index (χ0n) is 11.6. The monoisotopic (exact) mass is 247 g/mol. The second kappa shape index (κ2) is 6.83. The highest BCUT2D eigenvalue weighted by Crippen LogP contribution is 2.35. The van der Waals surface area contributed by atoms with Gasteiger partial charge in [-0.25, -0.2) is 9.97 Å². The standard InChI is InChI=1S/C15H25N3/c1-3-9-16-14(15-17-10-4-11-18-15)13-7-5-12(2)6-8-13/h4,10-14,16H,3,5-9H2,1-2H3. The van der Waals surface area contributed by atoms with E-state index in [2.05, 4.69) is 29.1 Å². The van der Waals surface area contributed by atoms with Crippen molar-refractivity contribution in [1.29, 1.82) is 0 Å². The fourth-order valence-corrected chi connectivity index (χ4v) is 2.86. The van der Waals surface area contributed by atoms with Crippen LogP contribution < -0.4 is 5.32 Å². The highest BCUT2D eigenvalue weighted by Gasteiger charge is 2.28. The van der Waals surface area contributed by atoms with Crippen LogP contribution in [0.3, 0.4) is 0 Å². The molecular weight excluding hydrogens is 222 g/mol. The third-order valence-electron chi connectivity index (χ3n) is 4.01. The van der Waals surface area contributed by atoms with Crippen LogP contribution in [0.2, 0.25) is 0 Å². The molecule has 0 saturated heterocycles. The van der Waals surface area contributed by atoms with Crippen molar-refractivity contribution < 1.29 is 0 Å². The van der Waals surface area contributed by atoms with E-state index in [0.717, 1.165) is 24.7 Å². The van der Waals surface area contributed by atoms with Crippen molar-refractivity contribution in [1.82, 2.24) is 15.3 Å². The molecule has 0 spiro atoms. The number of rotatable bonds is 5.